The Hall–Kier alpha value is -3.84. The van der Waals surface area contributed by atoms with Crippen molar-refractivity contribution in [2.24, 2.45) is 0 Å². The third kappa shape index (κ3) is 5.21. The van der Waals surface area contributed by atoms with Gasteiger partial charge in [0.15, 0.2) is 0 Å². The van der Waals surface area contributed by atoms with Crippen molar-refractivity contribution in [3.05, 3.63) is 101 Å². The first-order chi connectivity index (χ1) is 16.5. The molecule has 1 aromatic heterocycles. The van der Waals surface area contributed by atoms with Gasteiger partial charge in [0.25, 0.3) is 0 Å². The normalized spacial score (nSPS) is 11.1. The highest BCUT2D eigenvalue weighted by Crippen LogP contribution is 2.32. The lowest BCUT2D eigenvalue weighted by molar-refractivity contribution is 0.414. The Morgan fingerprint density at radius 3 is 2.06 bits per heavy atom. The number of nitrogens with zero attached hydrogens (tertiary/aromatic N) is 2. The molecule has 0 saturated carbocycles. The fourth-order valence-corrected chi connectivity index (χ4v) is 3.72. The lowest BCUT2D eigenvalue weighted by Gasteiger charge is -2.14. The Labute approximate surface area is 201 Å². The van der Waals surface area contributed by atoms with Gasteiger partial charge in [0.2, 0.25) is 0 Å². The monoisotopic (exact) mass is 476 g/mol. The molecule has 0 radical (unpaired) electrons. The molecule has 0 fully saturated rings. The van der Waals surface area contributed by atoms with Gasteiger partial charge in [0.05, 0.1) is 26.5 Å². The Kier molecular flexibility index (Phi) is 7.13. The van der Waals surface area contributed by atoms with Gasteiger partial charge in [-0.2, -0.15) is 5.10 Å². The van der Waals surface area contributed by atoms with Gasteiger partial charge < -0.3 is 9.47 Å². The van der Waals surface area contributed by atoms with Crippen LogP contribution < -0.4 is 9.47 Å². The number of methoxy groups -OCH3 is 2. The summed E-state index contributed by atoms with van der Waals surface area (Å²) >= 11 is 5.61. The van der Waals surface area contributed by atoms with Crippen LogP contribution in [0.5, 0.6) is 11.5 Å². The van der Waals surface area contributed by atoms with Crippen molar-refractivity contribution in [1.82, 2.24) is 9.78 Å². The van der Waals surface area contributed by atoms with Crippen LogP contribution in [0.4, 0.5) is 8.78 Å². The molecule has 172 valence electrons. The minimum Gasteiger partial charge on any atom is -0.497 e. The largest absolute Gasteiger partial charge is 0.497 e. The lowest BCUT2D eigenvalue weighted by Crippen LogP contribution is -2.06. The molecular formula is C27H22F2N2O2S. The van der Waals surface area contributed by atoms with Crippen molar-refractivity contribution in [3.63, 3.8) is 0 Å². The molecule has 4 aromatic rings. The van der Waals surface area contributed by atoms with E-state index in [1.165, 1.54) is 12.1 Å². The van der Waals surface area contributed by atoms with Gasteiger partial charge in [-0.1, -0.05) is 36.5 Å². The number of allylic oxidation sites excluding steroid dienone is 1. The highest BCUT2D eigenvalue weighted by Gasteiger charge is 2.12. The third-order valence-electron chi connectivity index (χ3n) is 5.30. The molecule has 0 unspecified atom stereocenters. The molecule has 0 N–H and O–H groups in total. The molecule has 1 heterocycles. The standard InChI is InChI=1S/C27H22F2N2O2S/c1-32-22-11-6-18(7-12-22)24-17-26(34)31(15-3-4-19-5-10-21(28)16-25(19)29)30-27(24)20-8-13-23(33-2)14-9-20/h3-14,16-17H,15H2,1-2H3. The zero-order valence-electron chi connectivity index (χ0n) is 18.7. The maximum Gasteiger partial charge on any atom is 0.133 e. The summed E-state index contributed by atoms with van der Waals surface area (Å²) in [6.07, 6.45) is 3.33. The Morgan fingerprint density at radius 2 is 1.47 bits per heavy atom. The second-order valence-corrected chi connectivity index (χ2v) is 7.87. The lowest BCUT2D eigenvalue weighted by atomic mass is 10.00. The molecule has 4 nitrogen and oxygen atoms in total. The fourth-order valence-electron chi connectivity index (χ4n) is 3.49. The number of rotatable bonds is 7. The molecule has 0 bridgehead atoms. The van der Waals surface area contributed by atoms with Crippen LogP contribution in [0.1, 0.15) is 5.56 Å². The minimum absolute atomic E-state index is 0.290. The van der Waals surface area contributed by atoms with Gasteiger partial charge in [-0.15, -0.1) is 0 Å². The van der Waals surface area contributed by atoms with Gasteiger partial charge >= 0.3 is 0 Å². The average molecular weight is 477 g/mol. The molecule has 3 aromatic carbocycles. The van der Waals surface area contributed by atoms with Crippen LogP contribution in [-0.4, -0.2) is 24.0 Å². The molecule has 0 amide bonds. The van der Waals surface area contributed by atoms with Crippen molar-refractivity contribution in [3.8, 4) is 33.9 Å². The maximum atomic E-state index is 13.9. The predicted molar refractivity (Wildman–Crippen MR) is 132 cm³/mol. The van der Waals surface area contributed by atoms with Gasteiger partial charge in [0.1, 0.15) is 27.8 Å². The molecule has 0 aliphatic rings. The summed E-state index contributed by atoms with van der Waals surface area (Å²) in [5, 5.41) is 4.82. The van der Waals surface area contributed by atoms with E-state index < -0.39 is 11.6 Å². The van der Waals surface area contributed by atoms with Crippen molar-refractivity contribution in [2.75, 3.05) is 14.2 Å². The second-order valence-electron chi connectivity index (χ2n) is 7.45. The van der Waals surface area contributed by atoms with E-state index in [0.717, 1.165) is 39.9 Å². The van der Waals surface area contributed by atoms with Crippen molar-refractivity contribution in [2.45, 2.75) is 6.54 Å². The fraction of sp³-hybridized carbons (Fsp3) is 0.111. The van der Waals surface area contributed by atoms with E-state index in [2.05, 4.69) is 0 Å². The summed E-state index contributed by atoms with van der Waals surface area (Å²) in [6, 6.07) is 20.7. The average Bonchev–Trinajstić information content (AvgIpc) is 2.86. The number of ether oxygens (including phenoxy) is 2. The van der Waals surface area contributed by atoms with Crippen LogP contribution in [-0.2, 0) is 6.54 Å². The van der Waals surface area contributed by atoms with Crippen molar-refractivity contribution in [1.29, 1.82) is 0 Å². The van der Waals surface area contributed by atoms with E-state index in [1.54, 1.807) is 31.1 Å². The molecule has 0 aliphatic heterocycles. The zero-order valence-corrected chi connectivity index (χ0v) is 19.5. The maximum absolute atomic E-state index is 13.9. The summed E-state index contributed by atoms with van der Waals surface area (Å²) in [6.45, 7) is 0.321. The molecular weight excluding hydrogens is 454 g/mol. The van der Waals surface area contributed by atoms with Crippen LogP contribution in [0.3, 0.4) is 0 Å². The number of hydrogen-bond donors (Lipinski definition) is 0. The number of aromatic nitrogens is 2. The summed E-state index contributed by atoms with van der Waals surface area (Å²) in [5.41, 5.74) is 3.74. The van der Waals surface area contributed by atoms with Gasteiger partial charge in [0, 0.05) is 22.8 Å². The third-order valence-corrected chi connectivity index (χ3v) is 5.63. The number of hydrogen-bond acceptors (Lipinski definition) is 4. The topological polar surface area (TPSA) is 36.3 Å². The van der Waals surface area contributed by atoms with E-state index in [9.17, 15) is 8.78 Å². The first-order valence-electron chi connectivity index (χ1n) is 10.5. The smallest absolute Gasteiger partial charge is 0.133 e. The molecule has 4 rings (SSSR count). The van der Waals surface area contributed by atoms with Gasteiger partial charge in [-0.3, -0.25) is 4.68 Å². The Morgan fingerprint density at radius 1 is 0.853 bits per heavy atom. The van der Waals surface area contributed by atoms with Gasteiger partial charge in [-0.25, -0.2) is 8.78 Å². The molecule has 0 aliphatic carbocycles. The zero-order chi connectivity index (χ0) is 24.1. The quantitative estimate of drug-likeness (QED) is 0.270. The van der Waals surface area contributed by atoms with Crippen LogP contribution in [0.25, 0.3) is 28.5 Å². The van der Waals surface area contributed by atoms with Crippen LogP contribution in [0, 0.1) is 16.3 Å². The molecule has 0 atom stereocenters. The SMILES string of the molecule is COc1ccc(-c2cc(=S)n(CC=Cc3ccc(F)cc3F)nc2-c2ccc(OC)cc2)cc1. The Balaban J connectivity index is 1.74. The van der Waals surface area contributed by atoms with E-state index in [1.807, 2.05) is 54.6 Å². The summed E-state index contributed by atoms with van der Waals surface area (Å²) in [4.78, 5) is 0. The summed E-state index contributed by atoms with van der Waals surface area (Å²) < 4.78 is 39.8. The van der Waals surface area contributed by atoms with Crippen molar-refractivity contribution >= 4 is 18.3 Å². The summed E-state index contributed by atoms with van der Waals surface area (Å²) in [7, 11) is 3.24. The van der Waals surface area contributed by atoms with E-state index >= 15 is 0 Å². The number of halogens is 2. The highest BCUT2D eigenvalue weighted by molar-refractivity contribution is 7.71. The first-order valence-corrected chi connectivity index (χ1v) is 10.9. The Bertz CT molecular complexity index is 1380. The van der Waals surface area contributed by atoms with Gasteiger partial charge in [-0.05, 0) is 60.2 Å². The van der Waals surface area contributed by atoms with Crippen molar-refractivity contribution < 1.29 is 18.3 Å². The van der Waals surface area contributed by atoms with E-state index in [4.69, 9.17) is 26.8 Å². The number of benzene rings is 3. The summed E-state index contributed by atoms with van der Waals surface area (Å²) in [5.74, 6) is 0.260. The molecule has 0 spiro atoms. The van der Waals surface area contributed by atoms with E-state index in [-0.39, 0.29) is 5.56 Å². The molecule has 7 heteroatoms. The minimum atomic E-state index is -0.624. The molecule has 0 saturated heterocycles. The van der Waals surface area contributed by atoms with Crippen LogP contribution in [0.15, 0.2) is 78.9 Å². The first kappa shape index (κ1) is 23.3. The van der Waals surface area contributed by atoms with E-state index in [0.29, 0.717) is 11.2 Å². The second kappa shape index (κ2) is 10.4. The molecule has 34 heavy (non-hydrogen) atoms. The highest BCUT2D eigenvalue weighted by atomic mass is 32.1. The van der Waals surface area contributed by atoms with Crippen LogP contribution in [0.2, 0.25) is 0 Å². The predicted octanol–water partition coefficient (Wildman–Crippen LogP) is 6.96. The van der Waals surface area contributed by atoms with Crippen LogP contribution >= 0.6 is 12.2 Å².